The van der Waals surface area contributed by atoms with Crippen LogP contribution in [0.2, 0.25) is 5.02 Å². The Morgan fingerprint density at radius 1 is 1.50 bits per heavy atom. The Labute approximate surface area is 116 Å². The number of benzene rings is 1. The van der Waals surface area contributed by atoms with E-state index in [1.807, 2.05) is 6.07 Å². The molecule has 0 aliphatic carbocycles. The first-order chi connectivity index (χ1) is 7.16. The Balaban J connectivity index is 0.00000128. The van der Waals surface area contributed by atoms with Crippen molar-refractivity contribution >= 4 is 39.9 Å². The van der Waals surface area contributed by atoms with Gasteiger partial charge in [-0.3, -0.25) is 4.90 Å². The van der Waals surface area contributed by atoms with Crippen LogP contribution in [0.15, 0.2) is 22.7 Å². The molecule has 1 heterocycles. The van der Waals surface area contributed by atoms with Gasteiger partial charge in [0, 0.05) is 30.1 Å². The average Bonchev–Trinajstić information content (AvgIpc) is 2.08. The first-order valence-electron chi connectivity index (χ1n) is 5.01. The summed E-state index contributed by atoms with van der Waals surface area (Å²) in [5.74, 6) is 0. The van der Waals surface area contributed by atoms with Gasteiger partial charge in [0.15, 0.2) is 0 Å². The fraction of sp³-hybridized carbons (Fsp3) is 0.455. The normalized spacial score (nSPS) is 15.8. The van der Waals surface area contributed by atoms with Crippen molar-refractivity contribution in [1.29, 1.82) is 0 Å². The Morgan fingerprint density at radius 2 is 2.19 bits per heavy atom. The molecule has 0 amide bonds. The fourth-order valence-electron chi connectivity index (χ4n) is 1.64. The lowest BCUT2D eigenvalue weighted by Crippen LogP contribution is -2.55. The van der Waals surface area contributed by atoms with Gasteiger partial charge in [-0.25, -0.2) is 0 Å². The first-order valence-corrected chi connectivity index (χ1v) is 6.19. The van der Waals surface area contributed by atoms with Crippen LogP contribution in [0, 0.1) is 0 Å². The monoisotopic (exact) mass is 324 g/mol. The van der Waals surface area contributed by atoms with Crippen molar-refractivity contribution in [3.63, 3.8) is 0 Å². The maximum Gasteiger partial charge on any atom is 0.0548 e. The van der Waals surface area contributed by atoms with Gasteiger partial charge in [0.05, 0.1) is 5.02 Å². The summed E-state index contributed by atoms with van der Waals surface area (Å²) in [6, 6.07) is 6.79. The molecule has 90 valence electrons. The predicted molar refractivity (Wildman–Crippen MR) is 74.5 cm³/mol. The van der Waals surface area contributed by atoms with Crippen molar-refractivity contribution in [2.45, 2.75) is 12.6 Å². The number of likely N-dealkylation sites (N-methyl/N-ethyl adjacent to an activating group) is 1. The summed E-state index contributed by atoms with van der Waals surface area (Å²) in [6.07, 6.45) is 0. The van der Waals surface area contributed by atoms with E-state index in [2.05, 4.69) is 45.3 Å². The highest BCUT2D eigenvalue weighted by molar-refractivity contribution is 9.10. The molecule has 1 aromatic rings. The molecule has 2 rings (SSSR count). The molecule has 16 heavy (non-hydrogen) atoms. The number of rotatable bonds is 3. The zero-order chi connectivity index (χ0) is 10.8. The van der Waals surface area contributed by atoms with Gasteiger partial charge in [-0.05, 0) is 40.7 Å². The van der Waals surface area contributed by atoms with Gasteiger partial charge in [0.2, 0.25) is 0 Å². The van der Waals surface area contributed by atoms with Gasteiger partial charge in [-0.1, -0.05) is 17.7 Å². The standard InChI is InChI=1S/C11H14BrClN2.ClH/c1-15(9-5-14-6-9)7-8-2-3-11(13)10(12)4-8;/h2-4,9,14H,5-7H2,1H3;1H. The molecule has 0 unspecified atom stereocenters. The van der Waals surface area contributed by atoms with Gasteiger partial charge in [0.1, 0.15) is 0 Å². The molecule has 1 aliphatic rings. The zero-order valence-electron chi connectivity index (χ0n) is 9.04. The molecule has 1 fully saturated rings. The van der Waals surface area contributed by atoms with Crippen molar-refractivity contribution in [3.8, 4) is 0 Å². The summed E-state index contributed by atoms with van der Waals surface area (Å²) in [5.41, 5.74) is 1.29. The number of nitrogens with zero attached hydrogens (tertiary/aromatic N) is 1. The van der Waals surface area contributed by atoms with Crippen LogP contribution in [0.4, 0.5) is 0 Å². The van der Waals surface area contributed by atoms with Crippen molar-refractivity contribution in [3.05, 3.63) is 33.3 Å². The quantitative estimate of drug-likeness (QED) is 0.919. The van der Waals surface area contributed by atoms with Crippen LogP contribution < -0.4 is 5.32 Å². The molecule has 5 heteroatoms. The molecule has 0 aromatic heterocycles. The Bertz CT molecular complexity index is 356. The summed E-state index contributed by atoms with van der Waals surface area (Å²) < 4.78 is 0.974. The second-order valence-corrected chi connectivity index (χ2v) is 5.24. The van der Waals surface area contributed by atoms with E-state index in [0.29, 0.717) is 6.04 Å². The van der Waals surface area contributed by atoms with Crippen LogP contribution in [0.3, 0.4) is 0 Å². The van der Waals surface area contributed by atoms with Crippen LogP contribution in [-0.2, 0) is 6.54 Å². The van der Waals surface area contributed by atoms with E-state index < -0.39 is 0 Å². The first kappa shape index (κ1) is 14.3. The molecule has 0 bridgehead atoms. The molecular weight excluding hydrogens is 311 g/mol. The van der Waals surface area contributed by atoms with Crippen molar-refractivity contribution < 1.29 is 0 Å². The predicted octanol–water partition coefficient (Wildman–Crippen LogP) is 2.93. The van der Waals surface area contributed by atoms with Gasteiger partial charge >= 0.3 is 0 Å². The van der Waals surface area contributed by atoms with E-state index in [9.17, 15) is 0 Å². The molecule has 1 aromatic carbocycles. The molecular formula is C11H15BrCl2N2. The lowest BCUT2D eigenvalue weighted by molar-refractivity contribution is 0.173. The van der Waals surface area contributed by atoms with Crippen molar-refractivity contribution in [2.75, 3.05) is 20.1 Å². The van der Waals surface area contributed by atoms with Gasteiger partial charge in [0.25, 0.3) is 0 Å². The minimum atomic E-state index is 0. The lowest BCUT2D eigenvalue weighted by Gasteiger charge is -2.35. The zero-order valence-corrected chi connectivity index (χ0v) is 12.2. The van der Waals surface area contributed by atoms with Gasteiger partial charge < -0.3 is 5.32 Å². The van der Waals surface area contributed by atoms with E-state index in [4.69, 9.17) is 11.6 Å². The Hall–Kier alpha value is 0.200. The fourth-order valence-corrected chi connectivity index (χ4v) is 2.18. The maximum absolute atomic E-state index is 5.95. The van der Waals surface area contributed by atoms with E-state index >= 15 is 0 Å². The van der Waals surface area contributed by atoms with Crippen molar-refractivity contribution in [1.82, 2.24) is 10.2 Å². The summed E-state index contributed by atoms with van der Waals surface area (Å²) in [5, 5.41) is 4.05. The number of nitrogens with one attached hydrogen (secondary N) is 1. The molecule has 0 spiro atoms. The minimum Gasteiger partial charge on any atom is -0.314 e. The number of hydrogen-bond acceptors (Lipinski definition) is 2. The molecule has 1 N–H and O–H groups in total. The van der Waals surface area contributed by atoms with Gasteiger partial charge in [-0.2, -0.15) is 0 Å². The molecule has 1 aliphatic heterocycles. The highest BCUT2D eigenvalue weighted by atomic mass is 79.9. The minimum absolute atomic E-state index is 0. The molecule has 0 atom stereocenters. The average molecular weight is 326 g/mol. The van der Waals surface area contributed by atoms with Crippen LogP contribution in [0.25, 0.3) is 0 Å². The third kappa shape index (κ3) is 3.34. The third-order valence-electron chi connectivity index (χ3n) is 2.80. The second kappa shape index (κ2) is 6.22. The van der Waals surface area contributed by atoms with E-state index in [0.717, 1.165) is 29.1 Å². The highest BCUT2D eigenvalue weighted by Gasteiger charge is 2.21. The molecule has 0 radical (unpaired) electrons. The molecule has 1 saturated heterocycles. The van der Waals surface area contributed by atoms with E-state index in [1.54, 1.807) is 0 Å². The molecule has 0 saturated carbocycles. The Morgan fingerprint density at radius 3 is 2.69 bits per heavy atom. The smallest absolute Gasteiger partial charge is 0.0548 e. The summed E-state index contributed by atoms with van der Waals surface area (Å²) in [7, 11) is 2.16. The lowest BCUT2D eigenvalue weighted by atomic mass is 10.1. The SMILES string of the molecule is CN(Cc1ccc(Cl)c(Br)c1)C1CNC1.Cl. The summed E-state index contributed by atoms with van der Waals surface area (Å²) in [4.78, 5) is 2.37. The largest absolute Gasteiger partial charge is 0.314 e. The van der Waals surface area contributed by atoms with Gasteiger partial charge in [-0.15, -0.1) is 12.4 Å². The highest BCUT2D eigenvalue weighted by Crippen LogP contribution is 2.24. The number of halogens is 3. The van der Waals surface area contributed by atoms with Crippen LogP contribution in [0.1, 0.15) is 5.56 Å². The van der Waals surface area contributed by atoms with E-state index in [1.165, 1.54) is 5.56 Å². The topological polar surface area (TPSA) is 15.3 Å². The Kier molecular flexibility index (Phi) is 5.54. The van der Waals surface area contributed by atoms with E-state index in [-0.39, 0.29) is 12.4 Å². The summed E-state index contributed by atoms with van der Waals surface area (Å²) >= 11 is 9.39. The van der Waals surface area contributed by atoms with Crippen LogP contribution >= 0.6 is 39.9 Å². The van der Waals surface area contributed by atoms with Crippen molar-refractivity contribution in [2.24, 2.45) is 0 Å². The third-order valence-corrected chi connectivity index (χ3v) is 4.01. The van der Waals surface area contributed by atoms with Crippen LogP contribution in [-0.4, -0.2) is 31.1 Å². The molecule has 2 nitrogen and oxygen atoms in total. The summed E-state index contributed by atoms with van der Waals surface area (Å²) in [6.45, 7) is 3.18. The second-order valence-electron chi connectivity index (χ2n) is 3.98. The van der Waals surface area contributed by atoms with Crippen LogP contribution in [0.5, 0.6) is 0 Å². The number of hydrogen-bond donors (Lipinski definition) is 1. The maximum atomic E-state index is 5.95.